The summed E-state index contributed by atoms with van der Waals surface area (Å²) in [5, 5.41) is 31.3. The first-order valence-electron chi connectivity index (χ1n) is 31.2. The zero-order valence-corrected chi connectivity index (χ0v) is 47.6. The number of hydrogen-bond donors (Lipinski definition) is 3. The molecule has 14 aliphatic rings. The third kappa shape index (κ3) is 10.2. The van der Waals surface area contributed by atoms with E-state index in [9.17, 15) is 20.1 Å². The van der Waals surface area contributed by atoms with Crippen LogP contribution in [-0.4, -0.2) is 193 Å². The first-order valence-corrected chi connectivity index (χ1v) is 31.2. The number of methoxy groups -OCH3 is 1. The van der Waals surface area contributed by atoms with Crippen molar-refractivity contribution in [2.75, 3.05) is 13.7 Å². The molecule has 2 spiro atoms. The van der Waals surface area contributed by atoms with Gasteiger partial charge in [0.15, 0.2) is 23.7 Å². The highest BCUT2D eigenvalue weighted by Gasteiger charge is 2.67. The van der Waals surface area contributed by atoms with Crippen LogP contribution < -0.4 is 0 Å². The number of esters is 1. The maximum atomic E-state index is 14.6. The van der Waals surface area contributed by atoms with Gasteiger partial charge in [0.05, 0.1) is 135 Å². The fourth-order valence-corrected chi connectivity index (χ4v) is 17.9. The predicted octanol–water partition coefficient (Wildman–Crippen LogP) is 5.77. The van der Waals surface area contributed by atoms with Crippen LogP contribution in [0.5, 0.6) is 0 Å². The minimum absolute atomic E-state index is 0.0410. The van der Waals surface area contributed by atoms with Crippen molar-refractivity contribution in [2.45, 2.75) is 308 Å². The van der Waals surface area contributed by atoms with Gasteiger partial charge in [-0.25, -0.2) is 0 Å². The normalized spacial score (nSPS) is 55.9. The van der Waals surface area contributed by atoms with E-state index in [-0.39, 0.29) is 134 Å². The molecule has 0 aromatic carbocycles. The van der Waals surface area contributed by atoms with E-state index in [1.807, 2.05) is 0 Å². The lowest BCUT2D eigenvalue weighted by Gasteiger charge is -2.55. The Morgan fingerprint density at radius 1 is 0.613 bits per heavy atom. The average Bonchev–Trinajstić information content (AvgIpc) is 4.21. The fraction of sp³-hybridized carbons (Fsp3) is 0.918. The standard InChI is InChI=1S/C61H90O19/c1-28-16-35-10-12-40-29(2)17-38(67-40)14-15-59-27-61(65,66-7)57(80-59)49-23-48(77-59)56-41(71-49)13-11-37(70-56)19-50(64)74-53-33(6)54-44(72-43(53)21-42(68-35)32(28)5)22-45-55(75-54)39-20-47-52(76-58(39)73-45)31(4)25-60(79-47)24-30(3)51-46(78-60)18-36(69-51)9-8-34(63)26-62/h28,30-31,33-49,51-58,62-63,65H,2,5,8-27H2,1,3-4,6-7H3/t28-,30+,31+,33-,34-,35?,36?,37?,38?,39+,40?,41?,42?,43+,44+,45-,46?,47+,48?,49?,51?,52+,53?,54+,55-,56+,57?,58-,59-,60?,61-/m1/s1. The van der Waals surface area contributed by atoms with Crippen LogP contribution in [0.4, 0.5) is 0 Å². The van der Waals surface area contributed by atoms with E-state index in [0.717, 1.165) is 43.3 Å². The molecule has 19 heteroatoms. The molecule has 0 amide bonds. The summed E-state index contributed by atoms with van der Waals surface area (Å²) in [5.74, 6) is -3.68. The summed E-state index contributed by atoms with van der Waals surface area (Å²) in [5.41, 5.74) is 2.09. The second kappa shape index (κ2) is 21.6. The highest BCUT2D eigenvalue weighted by Crippen LogP contribution is 2.56. The van der Waals surface area contributed by atoms with Gasteiger partial charge in [-0.05, 0) is 93.1 Å². The van der Waals surface area contributed by atoms with Gasteiger partial charge in [-0.2, -0.15) is 0 Å². The molecule has 14 unspecified atom stereocenters. The number of aliphatic hydroxyl groups excluding tert-OH is 2. The van der Waals surface area contributed by atoms with E-state index in [1.54, 1.807) is 0 Å². The van der Waals surface area contributed by atoms with Gasteiger partial charge in [0, 0.05) is 63.9 Å². The van der Waals surface area contributed by atoms with Gasteiger partial charge < -0.3 is 86.4 Å². The Balaban J connectivity index is 0.695. The van der Waals surface area contributed by atoms with Gasteiger partial charge in [-0.3, -0.25) is 4.79 Å². The summed E-state index contributed by atoms with van der Waals surface area (Å²) in [6, 6.07) is 0. The Morgan fingerprint density at radius 3 is 2.10 bits per heavy atom. The average molecular weight is 1130 g/mol. The van der Waals surface area contributed by atoms with Crippen molar-refractivity contribution in [1.82, 2.24) is 0 Å². The molecule has 0 radical (unpaired) electrons. The first-order chi connectivity index (χ1) is 38.4. The second-order valence-corrected chi connectivity index (χ2v) is 27.5. The topological polar surface area (TPSA) is 216 Å². The van der Waals surface area contributed by atoms with Crippen molar-refractivity contribution in [3.63, 3.8) is 0 Å². The van der Waals surface area contributed by atoms with E-state index in [2.05, 4.69) is 40.9 Å². The molecule has 448 valence electrons. The summed E-state index contributed by atoms with van der Waals surface area (Å²) >= 11 is 0. The molecule has 14 rings (SSSR count). The zero-order valence-electron chi connectivity index (χ0n) is 47.6. The summed E-state index contributed by atoms with van der Waals surface area (Å²) in [6.45, 7) is 17.6. The number of aliphatic hydroxyl groups is 3. The van der Waals surface area contributed by atoms with Crippen LogP contribution in [0, 0.1) is 29.6 Å². The number of rotatable bonds is 5. The Kier molecular flexibility index (Phi) is 15.1. The molecule has 80 heavy (non-hydrogen) atoms. The number of ether oxygens (including phenoxy) is 15. The Labute approximate surface area is 470 Å². The monoisotopic (exact) mass is 1130 g/mol. The highest BCUT2D eigenvalue weighted by molar-refractivity contribution is 5.70. The number of fused-ring (bicyclic) bond motifs is 15. The molecule has 14 aliphatic heterocycles. The smallest absolute Gasteiger partial charge is 0.308 e. The van der Waals surface area contributed by atoms with E-state index in [0.29, 0.717) is 77.0 Å². The summed E-state index contributed by atoms with van der Waals surface area (Å²) in [6.07, 6.45) is 3.43. The van der Waals surface area contributed by atoms with Crippen molar-refractivity contribution < 1.29 is 91.2 Å². The molecule has 0 aromatic rings. The summed E-state index contributed by atoms with van der Waals surface area (Å²) in [4.78, 5) is 14.6. The van der Waals surface area contributed by atoms with Crippen LogP contribution in [0.1, 0.15) is 150 Å². The van der Waals surface area contributed by atoms with Crippen LogP contribution >= 0.6 is 0 Å². The van der Waals surface area contributed by atoms with Gasteiger partial charge in [0.25, 0.3) is 0 Å². The van der Waals surface area contributed by atoms with Crippen LogP contribution in [-0.2, 0) is 75.8 Å². The lowest BCUT2D eigenvalue weighted by atomic mass is 9.76. The van der Waals surface area contributed by atoms with E-state index >= 15 is 0 Å². The van der Waals surface area contributed by atoms with Crippen molar-refractivity contribution in [3.05, 3.63) is 24.3 Å². The van der Waals surface area contributed by atoms with Gasteiger partial charge in [0.2, 0.25) is 0 Å². The zero-order chi connectivity index (χ0) is 55.1. The minimum Gasteiger partial charge on any atom is -0.459 e. The highest BCUT2D eigenvalue weighted by atomic mass is 16.8. The fourth-order valence-electron chi connectivity index (χ4n) is 17.9. The molecule has 0 saturated carbocycles. The van der Waals surface area contributed by atoms with E-state index < -0.39 is 78.6 Å². The van der Waals surface area contributed by atoms with Crippen molar-refractivity contribution in [2.24, 2.45) is 29.6 Å². The lowest BCUT2D eigenvalue weighted by Crippen LogP contribution is -2.63. The first kappa shape index (κ1) is 56.1. The number of hydrogen-bond acceptors (Lipinski definition) is 19. The quantitative estimate of drug-likeness (QED) is 0.169. The summed E-state index contributed by atoms with van der Waals surface area (Å²) < 4.78 is 103. The van der Waals surface area contributed by atoms with E-state index in [1.165, 1.54) is 7.11 Å². The Hall–Kier alpha value is -1.73. The minimum atomic E-state index is -1.59. The Bertz CT molecular complexity index is 2310. The van der Waals surface area contributed by atoms with Crippen molar-refractivity contribution >= 4 is 5.97 Å². The molecule has 10 bridgehead atoms. The SMILES string of the molecule is C=C1CC2CC[C@]34C[C@@](O)(OC)C(O3)C3CC(O4)[C@H]4OC(CCC4O3)CC(=O)OC3[C@H](CC4OC(CCC1O2)C[C@@H](C)C4=C)O[C@H]1C[C@H]2O[C@@H]4O[C@@H]5[C@H](C[C@H]4[C@H]2O[C@H]1[C@@H]3C)OC1(C[C@H](C)C2OC(CC[C@@H](O)CO)CC2O1)C[C@@H]5C. The van der Waals surface area contributed by atoms with Crippen molar-refractivity contribution in [1.29, 1.82) is 0 Å². The second-order valence-electron chi connectivity index (χ2n) is 27.5. The van der Waals surface area contributed by atoms with Crippen LogP contribution in [0.2, 0.25) is 0 Å². The third-order valence-electron chi connectivity index (χ3n) is 21.9. The molecule has 14 heterocycles. The molecular weight excluding hydrogens is 1040 g/mol. The maximum absolute atomic E-state index is 14.6. The predicted molar refractivity (Wildman–Crippen MR) is 280 cm³/mol. The number of carbonyl (C=O) groups excluding carboxylic acids is 1. The molecule has 19 nitrogen and oxygen atoms in total. The van der Waals surface area contributed by atoms with Crippen LogP contribution in [0.3, 0.4) is 0 Å². The van der Waals surface area contributed by atoms with Crippen LogP contribution in [0.25, 0.3) is 0 Å². The van der Waals surface area contributed by atoms with Gasteiger partial charge in [-0.1, -0.05) is 40.9 Å². The van der Waals surface area contributed by atoms with Gasteiger partial charge in [-0.15, -0.1) is 0 Å². The van der Waals surface area contributed by atoms with Crippen LogP contribution in [0.15, 0.2) is 24.3 Å². The Morgan fingerprint density at radius 2 is 1.30 bits per heavy atom. The summed E-state index contributed by atoms with van der Waals surface area (Å²) in [7, 11) is 1.51. The maximum Gasteiger partial charge on any atom is 0.308 e. The lowest BCUT2D eigenvalue weighted by molar-refractivity contribution is -0.377. The molecule has 0 aliphatic carbocycles. The molecule has 3 N–H and O–H groups in total. The molecule has 14 saturated heterocycles. The largest absolute Gasteiger partial charge is 0.459 e. The van der Waals surface area contributed by atoms with Crippen molar-refractivity contribution in [3.8, 4) is 0 Å². The van der Waals surface area contributed by atoms with Gasteiger partial charge in [0.1, 0.15) is 18.3 Å². The van der Waals surface area contributed by atoms with E-state index in [4.69, 9.17) is 71.1 Å². The molecule has 14 fully saturated rings. The molecule has 31 atom stereocenters. The molecule has 0 aromatic heterocycles. The van der Waals surface area contributed by atoms with Gasteiger partial charge >= 0.3 is 5.97 Å². The third-order valence-corrected chi connectivity index (χ3v) is 21.9. The number of carbonyl (C=O) groups is 1. The molecular formula is C61H90O19.